The maximum Gasteiger partial charge on any atom is 0.127 e. The number of hydrogen-bond acceptors (Lipinski definition) is 1. The standard InChI is InChI=1S/C23H25FN2/c1-18-6-4-7-19(14-18)15-25-13-5-9-22(25)17-26(21-11-12-21)16-20-8-2-3-10-23(20)24/h2-10,13-14,21H,11-12,15-17H2,1H3. The second-order valence-electron chi connectivity index (χ2n) is 7.34. The number of halogens is 1. The molecule has 4 rings (SSSR count). The smallest absolute Gasteiger partial charge is 0.127 e. The number of aromatic nitrogens is 1. The Morgan fingerprint density at radius 3 is 2.62 bits per heavy atom. The van der Waals surface area contributed by atoms with Gasteiger partial charge in [0, 0.05) is 43.1 Å². The fourth-order valence-electron chi connectivity index (χ4n) is 3.56. The third-order valence-electron chi connectivity index (χ3n) is 5.12. The second kappa shape index (κ2) is 7.46. The van der Waals surface area contributed by atoms with E-state index in [1.54, 1.807) is 12.1 Å². The van der Waals surface area contributed by atoms with Gasteiger partial charge in [0.25, 0.3) is 0 Å². The fraction of sp³-hybridized carbons (Fsp3) is 0.304. The third kappa shape index (κ3) is 4.05. The van der Waals surface area contributed by atoms with E-state index in [0.717, 1.165) is 18.7 Å². The fourth-order valence-corrected chi connectivity index (χ4v) is 3.56. The Bertz CT molecular complexity index is 879. The van der Waals surface area contributed by atoms with E-state index in [1.165, 1.54) is 29.7 Å². The molecule has 0 aliphatic heterocycles. The average Bonchev–Trinajstić information content (AvgIpc) is 3.39. The van der Waals surface area contributed by atoms with Gasteiger partial charge in [-0.3, -0.25) is 4.90 Å². The molecular weight excluding hydrogens is 323 g/mol. The van der Waals surface area contributed by atoms with Crippen LogP contribution >= 0.6 is 0 Å². The van der Waals surface area contributed by atoms with Gasteiger partial charge in [-0.1, -0.05) is 48.0 Å². The highest BCUT2D eigenvalue weighted by Gasteiger charge is 2.30. The van der Waals surface area contributed by atoms with E-state index >= 15 is 0 Å². The van der Waals surface area contributed by atoms with Crippen LogP contribution in [0.15, 0.2) is 66.9 Å². The van der Waals surface area contributed by atoms with Crippen molar-refractivity contribution in [3.63, 3.8) is 0 Å². The van der Waals surface area contributed by atoms with Crippen molar-refractivity contribution in [2.75, 3.05) is 0 Å². The number of rotatable bonds is 7. The highest BCUT2D eigenvalue weighted by atomic mass is 19.1. The SMILES string of the molecule is Cc1cccc(Cn2cccc2CN(Cc2ccccc2F)C2CC2)c1. The number of hydrogen-bond donors (Lipinski definition) is 0. The van der Waals surface area contributed by atoms with Gasteiger partial charge in [0.1, 0.15) is 5.82 Å². The van der Waals surface area contributed by atoms with Crippen molar-refractivity contribution < 1.29 is 4.39 Å². The highest BCUT2D eigenvalue weighted by molar-refractivity contribution is 5.24. The Morgan fingerprint density at radius 1 is 1.00 bits per heavy atom. The molecule has 1 aliphatic rings. The zero-order chi connectivity index (χ0) is 17.9. The second-order valence-corrected chi connectivity index (χ2v) is 7.34. The molecule has 3 heteroatoms. The van der Waals surface area contributed by atoms with E-state index < -0.39 is 0 Å². The van der Waals surface area contributed by atoms with Crippen LogP contribution in [-0.2, 0) is 19.6 Å². The molecule has 1 aliphatic carbocycles. The quantitative estimate of drug-likeness (QED) is 0.573. The van der Waals surface area contributed by atoms with Crippen LogP contribution in [0, 0.1) is 12.7 Å². The molecule has 0 atom stereocenters. The van der Waals surface area contributed by atoms with Crippen molar-refractivity contribution in [1.82, 2.24) is 9.47 Å². The summed E-state index contributed by atoms with van der Waals surface area (Å²) in [4.78, 5) is 2.42. The zero-order valence-corrected chi connectivity index (χ0v) is 15.2. The maximum atomic E-state index is 14.1. The first-order valence-electron chi connectivity index (χ1n) is 9.36. The van der Waals surface area contributed by atoms with Crippen molar-refractivity contribution in [3.05, 3.63) is 95.1 Å². The minimum absolute atomic E-state index is 0.103. The van der Waals surface area contributed by atoms with Gasteiger partial charge in [-0.15, -0.1) is 0 Å². The predicted octanol–water partition coefficient (Wildman–Crippen LogP) is 5.15. The zero-order valence-electron chi connectivity index (χ0n) is 15.2. The highest BCUT2D eigenvalue weighted by Crippen LogP contribution is 2.30. The van der Waals surface area contributed by atoms with Gasteiger partial charge in [0.2, 0.25) is 0 Å². The van der Waals surface area contributed by atoms with Gasteiger partial charge in [-0.25, -0.2) is 4.39 Å². The number of nitrogens with zero attached hydrogens (tertiary/aromatic N) is 2. The van der Waals surface area contributed by atoms with Crippen LogP contribution < -0.4 is 0 Å². The van der Waals surface area contributed by atoms with Crippen LogP contribution in [0.1, 0.15) is 35.2 Å². The lowest BCUT2D eigenvalue weighted by Gasteiger charge is -2.23. The third-order valence-corrected chi connectivity index (χ3v) is 5.12. The van der Waals surface area contributed by atoms with E-state index in [1.807, 2.05) is 12.1 Å². The molecule has 0 unspecified atom stereocenters. The maximum absolute atomic E-state index is 14.1. The van der Waals surface area contributed by atoms with E-state index in [-0.39, 0.29) is 5.82 Å². The molecule has 134 valence electrons. The molecular formula is C23H25FN2. The Kier molecular flexibility index (Phi) is 4.89. The van der Waals surface area contributed by atoms with Gasteiger partial charge in [0.05, 0.1) is 0 Å². The van der Waals surface area contributed by atoms with Crippen LogP contribution in [0.5, 0.6) is 0 Å². The molecule has 2 aromatic carbocycles. The summed E-state index contributed by atoms with van der Waals surface area (Å²) >= 11 is 0. The average molecular weight is 348 g/mol. The van der Waals surface area contributed by atoms with Crippen LogP contribution in [0.4, 0.5) is 4.39 Å². The predicted molar refractivity (Wildman–Crippen MR) is 103 cm³/mol. The lowest BCUT2D eigenvalue weighted by molar-refractivity contribution is 0.236. The van der Waals surface area contributed by atoms with Gasteiger partial charge in [-0.05, 0) is 43.5 Å². The topological polar surface area (TPSA) is 8.17 Å². The van der Waals surface area contributed by atoms with E-state index in [2.05, 4.69) is 59.0 Å². The molecule has 2 nitrogen and oxygen atoms in total. The lowest BCUT2D eigenvalue weighted by Crippen LogP contribution is -2.26. The van der Waals surface area contributed by atoms with Crippen LogP contribution in [0.3, 0.4) is 0 Å². The Labute approximate surface area is 154 Å². The molecule has 0 bridgehead atoms. The van der Waals surface area contributed by atoms with Gasteiger partial charge >= 0.3 is 0 Å². The number of aryl methyl sites for hydroxylation is 1. The summed E-state index contributed by atoms with van der Waals surface area (Å²) in [6, 6.07) is 20.7. The Hall–Kier alpha value is -2.39. The molecule has 0 spiro atoms. The summed E-state index contributed by atoms with van der Waals surface area (Å²) in [5.74, 6) is -0.103. The summed E-state index contributed by atoms with van der Waals surface area (Å²) in [5.41, 5.74) is 4.68. The number of benzene rings is 2. The van der Waals surface area contributed by atoms with E-state index in [0.29, 0.717) is 12.6 Å². The molecule has 1 aromatic heterocycles. The van der Waals surface area contributed by atoms with Gasteiger partial charge in [-0.2, -0.15) is 0 Å². The van der Waals surface area contributed by atoms with Crippen molar-refractivity contribution in [2.24, 2.45) is 0 Å². The molecule has 0 radical (unpaired) electrons. The first-order valence-corrected chi connectivity index (χ1v) is 9.36. The van der Waals surface area contributed by atoms with Crippen LogP contribution in [-0.4, -0.2) is 15.5 Å². The molecule has 0 N–H and O–H groups in total. The Morgan fingerprint density at radius 2 is 1.85 bits per heavy atom. The first-order chi connectivity index (χ1) is 12.7. The molecule has 1 fully saturated rings. The summed E-state index contributed by atoms with van der Waals surface area (Å²) < 4.78 is 16.4. The molecule has 3 aromatic rings. The molecule has 0 saturated heterocycles. The molecule has 1 heterocycles. The largest absolute Gasteiger partial charge is 0.346 e. The van der Waals surface area contributed by atoms with Crippen molar-refractivity contribution in [1.29, 1.82) is 0 Å². The Balaban J connectivity index is 1.50. The monoisotopic (exact) mass is 348 g/mol. The van der Waals surface area contributed by atoms with Gasteiger partial charge in [0.15, 0.2) is 0 Å². The summed E-state index contributed by atoms with van der Waals surface area (Å²) in [6.45, 7) is 4.54. The molecule has 26 heavy (non-hydrogen) atoms. The minimum atomic E-state index is -0.103. The first kappa shape index (κ1) is 17.0. The summed E-state index contributed by atoms with van der Waals surface area (Å²) in [6.07, 6.45) is 4.58. The van der Waals surface area contributed by atoms with Crippen LogP contribution in [0.25, 0.3) is 0 Å². The summed E-state index contributed by atoms with van der Waals surface area (Å²) in [5, 5.41) is 0. The molecule has 0 amide bonds. The van der Waals surface area contributed by atoms with E-state index in [9.17, 15) is 4.39 Å². The van der Waals surface area contributed by atoms with E-state index in [4.69, 9.17) is 0 Å². The van der Waals surface area contributed by atoms with Crippen molar-refractivity contribution >= 4 is 0 Å². The van der Waals surface area contributed by atoms with Crippen LogP contribution in [0.2, 0.25) is 0 Å². The lowest BCUT2D eigenvalue weighted by atomic mass is 10.1. The molecule has 1 saturated carbocycles. The van der Waals surface area contributed by atoms with Crippen molar-refractivity contribution in [3.8, 4) is 0 Å². The van der Waals surface area contributed by atoms with Crippen molar-refractivity contribution in [2.45, 2.75) is 45.4 Å². The normalized spacial score (nSPS) is 14.1. The summed E-state index contributed by atoms with van der Waals surface area (Å²) in [7, 11) is 0. The minimum Gasteiger partial charge on any atom is -0.346 e. The van der Waals surface area contributed by atoms with Gasteiger partial charge < -0.3 is 4.57 Å².